The molecule has 0 aliphatic carbocycles. The van der Waals surface area contributed by atoms with Gasteiger partial charge >= 0.3 is 0 Å². The van der Waals surface area contributed by atoms with Crippen LogP contribution in [0, 0.1) is 0 Å². The van der Waals surface area contributed by atoms with E-state index in [0.29, 0.717) is 10.0 Å². The van der Waals surface area contributed by atoms with E-state index in [1.165, 1.54) is 0 Å². The zero-order chi connectivity index (χ0) is 15.4. The average Bonchev–Trinajstić information content (AvgIpc) is 2.49. The van der Waals surface area contributed by atoms with Crippen LogP contribution < -0.4 is 14.8 Å². The summed E-state index contributed by atoms with van der Waals surface area (Å²) in [6.45, 7) is 2.01. The Bertz CT molecular complexity index is 632. The molecule has 3 nitrogen and oxygen atoms in total. The molecule has 0 aromatic heterocycles. The number of halogens is 2. The number of hydrogen-bond donors (Lipinski definition) is 1. The van der Waals surface area contributed by atoms with Gasteiger partial charge in [0.15, 0.2) is 0 Å². The average molecular weight is 326 g/mol. The van der Waals surface area contributed by atoms with Crippen molar-refractivity contribution < 1.29 is 9.47 Å². The fourth-order valence-corrected chi connectivity index (χ4v) is 2.56. The van der Waals surface area contributed by atoms with Gasteiger partial charge in [-0.15, -0.1) is 0 Å². The summed E-state index contributed by atoms with van der Waals surface area (Å²) in [6, 6.07) is 11.1. The molecule has 21 heavy (non-hydrogen) atoms. The third-order valence-corrected chi connectivity index (χ3v) is 4.06. The van der Waals surface area contributed by atoms with E-state index < -0.39 is 0 Å². The van der Waals surface area contributed by atoms with Gasteiger partial charge in [-0.05, 0) is 30.7 Å². The van der Waals surface area contributed by atoms with Crippen LogP contribution in [0.2, 0.25) is 10.0 Å². The molecule has 0 amide bonds. The lowest BCUT2D eigenvalue weighted by molar-refractivity contribution is 0.404. The maximum Gasteiger partial charge on any atom is 0.142 e. The summed E-state index contributed by atoms with van der Waals surface area (Å²) >= 11 is 12.3. The molecule has 0 aliphatic heterocycles. The number of benzene rings is 2. The van der Waals surface area contributed by atoms with Crippen molar-refractivity contribution in [1.82, 2.24) is 0 Å². The van der Waals surface area contributed by atoms with Gasteiger partial charge in [0.2, 0.25) is 0 Å². The monoisotopic (exact) mass is 325 g/mol. The third kappa shape index (κ3) is 3.55. The fourth-order valence-electron chi connectivity index (χ4n) is 2.09. The van der Waals surface area contributed by atoms with Crippen LogP contribution in [0.1, 0.15) is 18.5 Å². The molecule has 1 atom stereocenters. The molecule has 0 saturated carbocycles. The van der Waals surface area contributed by atoms with E-state index in [-0.39, 0.29) is 6.04 Å². The van der Waals surface area contributed by atoms with E-state index in [9.17, 15) is 0 Å². The van der Waals surface area contributed by atoms with E-state index in [4.69, 9.17) is 32.7 Å². The summed E-state index contributed by atoms with van der Waals surface area (Å²) in [5, 5.41) is 4.47. The Hall–Kier alpha value is -1.58. The van der Waals surface area contributed by atoms with Gasteiger partial charge in [0.1, 0.15) is 11.5 Å². The van der Waals surface area contributed by atoms with Gasteiger partial charge in [-0.1, -0.05) is 35.3 Å². The molecule has 2 rings (SSSR count). The molecule has 2 aromatic rings. The Morgan fingerprint density at radius 2 is 1.81 bits per heavy atom. The molecule has 0 heterocycles. The first-order valence-electron chi connectivity index (χ1n) is 6.49. The van der Waals surface area contributed by atoms with E-state index >= 15 is 0 Å². The normalized spacial score (nSPS) is 11.9. The highest BCUT2D eigenvalue weighted by Crippen LogP contribution is 2.35. The van der Waals surface area contributed by atoms with Gasteiger partial charge in [-0.25, -0.2) is 0 Å². The summed E-state index contributed by atoms with van der Waals surface area (Å²) in [5.74, 6) is 1.49. The zero-order valence-corrected chi connectivity index (χ0v) is 13.6. The molecule has 0 saturated heterocycles. The maximum absolute atomic E-state index is 6.26. The zero-order valence-electron chi connectivity index (χ0n) is 12.1. The van der Waals surface area contributed by atoms with E-state index in [1.807, 2.05) is 37.3 Å². The van der Waals surface area contributed by atoms with Crippen LogP contribution in [0.3, 0.4) is 0 Å². The van der Waals surface area contributed by atoms with Gasteiger partial charge in [0.25, 0.3) is 0 Å². The molecule has 0 spiro atoms. The summed E-state index contributed by atoms with van der Waals surface area (Å²) in [6.07, 6.45) is 0. The second-order valence-electron chi connectivity index (χ2n) is 4.58. The van der Waals surface area contributed by atoms with Gasteiger partial charge in [0.05, 0.1) is 36.0 Å². The Balaban J connectivity index is 2.30. The minimum atomic E-state index is -0.0304. The van der Waals surface area contributed by atoms with Crippen LogP contribution >= 0.6 is 23.2 Å². The lowest BCUT2D eigenvalue weighted by atomic mass is 10.1. The summed E-state index contributed by atoms with van der Waals surface area (Å²) < 4.78 is 10.6. The number of hydrogen-bond acceptors (Lipinski definition) is 3. The number of anilines is 1. The van der Waals surface area contributed by atoms with Crippen molar-refractivity contribution in [2.75, 3.05) is 19.5 Å². The molecular weight excluding hydrogens is 309 g/mol. The Morgan fingerprint density at radius 1 is 1.05 bits per heavy atom. The standard InChI is InChI=1S/C16H17Cl2NO2/c1-10(12-5-4-6-13(17)16(12)18)19-14-9-11(20-2)7-8-15(14)21-3/h4-10,19H,1-3H3. The number of ether oxygens (including phenoxy) is 2. The van der Waals surface area contributed by atoms with Crippen LogP contribution in [0.5, 0.6) is 11.5 Å². The van der Waals surface area contributed by atoms with Crippen molar-refractivity contribution in [1.29, 1.82) is 0 Å². The number of rotatable bonds is 5. The topological polar surface area (TPSA) is 30.5 Å². The van der Waals surface area contributed by atoms with Crippen molar-refractivity contribution >= 4 is 28.9 Å². The highest BCUT2D eigenvalue weighted by atomic mass is 35.5. The smallest absolute Gasteiger partial charge is 0.142 e. The van der Waals surface area contributed by atoms with Gasteiger partial charge in [-0.3, -0.25) is 0 Å². The first-order valence-corrected chi connectivity index (χ1v) is 7.25. The summed E-state index contributed by atoms with van der Waals surface area (Å²) in [4.78, 5) is 0. The van der Waals surface area contributed by atoms with Crippen molar-refractivity contribution in [3.63, 3.8) is 0 Å². The molecular formula is C16H17Cl2NO2. The van der Waals surface area contributed by atoms with Crippen molar-refractivity contribution in [3.05, 3.63) is 52.0 Å². The summed E-state index contributed by atoms with van der Waals surface area (Å²) in [7, 11) is 3.26. The van der Waals surface area contributed by atoms with Crippen molar-refractivity contribution in [3.8, 4) is 11.5 Å². The molecule has 0 bridgehead atoms. The predicted octanol–water partition coefficient (Wildman–Crippen LogP) is 5.18. The van der Waals surface area contributed by atoms with Crippen LogP contribution in [0.25, 0.3) is 0 Å². The Kier molecular flexibility index (Phi) is 5.21. The number of methoxy groups -OCH3 is 2. The summed E-state index contributed by atoms with van der Waals surface area (Å²) in [5.41, 5.74) is 1.76. The lowest BCUT2D eigenvalue weighted by Crippen LogP contribution is -2.08. The molecule has 0 fully saturated rings. The lowest BCUT2D eigenvalue weighted by Gasteiger charge is -2.20. The second kappa shape index (κ2) is 6.92. The quantitative estimate of drug-likeness (QED) is 0.821. The molecule has 112 valence electrons. The molecule has 0 radical (unpaired) electrons. The van der Waals surface area contributed by atoms with E-state index in [0.717, 1.165) is 22.7 Å². The molecule has 0 aliphatic rings. The van der Waals surface area contributed by atoms with Gasteiger partial charge in [0, 0.05) is 6.07 Å². The van der Waals surface area contributed by atoms with E-state index in [2.05, 4.69) is 5.32 Å². The number of nitrogens with one attached hydrogen (secondary N) is 1. The van der Waals surface area contributed by atoms with Crippen LogP contribution in [-0.2, 0) is 0 Å². The van der Waals surface area contributed by atoms with Crippen molar-refractivity contribution in [2.45, 2.75) is 13.0 Å². The third-order valence-electron chi connectivity index (χ3n) is 3.23. The van der Waals surface area contributed by atoms with Crippen LogP contribution in [0.4, 0.5) is 5.69 Å². The molecule has 1 unspecified atom stereocenters. The van der Waals surface area contributed by atoms with Crippen LogP contribution in [0.15, 0.2) is 36.4 Å². The molecule has 1 N–H and O–H groups in total. The predicted molar refractivity (Wildman–Crippen MR) is 88.0 cm³/mol. The van der Waals surface area contributed by atoms with Crippen LogP contribution in [-0.4, -0.2) is 14.2 Å². The minimum Gasteiger partial charge on any atom is -0.497 e. The first kappa shape index (κ1) is 15.8. The Morgan fingerprint density at radius 3 is 2.48 bits per heavy atom. The first-order chi connectivity index (χ1) is 10.1. The van der Waals surface area contributed by atoms with E-state index in [1.54, 1.807) is 20.3 Å². The second-order valence-corrected chi connectivity index (χ2v) is 5.36. The van der Waals surface area contributed by atoms with Crippen molar-refractivity contribution in [2.24, 2.45) is 0 Å². The fraction of sp³-hybridized carbons (Fsp3) is 0.250. The molecule has 5 heteroatoms. The highest BCUT2D eigenvalue weighted by Gasteiger charge is 2.14. The SMILES string of the molecule is COc1ccc(OC)c(NC(C)c2cccc(Cl)c2Cl)c1. The van der Waals surface area contributed by atoms with Gasteiger partial charge in [-0.2, -0.15) is 0 Å². The maximum atomic E-state index is 6.26. The molecule has 2 aromatic carbocycles. The largest absolute Gasteiger partial charge is 0.497 e. The Labute approximate surface area is 134 Å². The highest BCUT2D eigenvalue weighted by molar-refractivity contribution is 6.42. The van der Waals surface area contributed by atoms with Gasteiger partial charge < -0.3 is 14.8 Å². The minimum absolute atomic E-state index is 0.0304.